The van der Waals surface area contributed by atoms with Gasteiger partial charge >= 0.3 is 0 Å². The molecule has 0 spiro atoms. The van der Waals surface area contributed by atoms with Crippen molar-refractivity contribution in [1.82, 2.24) is 4.98 Å². The lowest BCUT2D eigenvalue weighted by Gasteiger charge is -2.29. The third-order valence-corrected chi connectivity index (χ3v) is 2.85. The first-order valence-electron chi connectivity index (χ1n) is 6.07. The molecule has 0 aliphatic rings. The maximum Gasteiger partial charge on any atom is 0.0663 e. The van der Waals surface area contributed by atoms with Crippen LogP contribution in [0.2, 0.25) is 0 Å². The predicted molar refractivity (Wildman–Crippen MR) is 71.2 cm³/mol. The van der Waals surface area contributed by atoms with Gasteiger partial charge in [0.2, 0.25) is 0 Å². The summed E-state index contributed by atoms with van der Waals surface area (Å²) in [6, 6.07) is 4.38. The summed E-state index contributed by atoms with van der Waals surface area (Å²) in [5.41, 5.74) is 7.82. The van der Waals surface area contributed by atoms with E-state index < -0.39 is 0 Å². The molecule has 1 rings (SSSR count). The number of rotatable bonds is 6. The monoisotopic (exact) mass is 237 g/mol. The summed E-state index contributed by atoms with van der Waals surface area (Å²) in [4.78, 5) is 6.65. The fraction of sp³-hybridized carbons (Fsp3) is 0.615. The molecule has 4 heteroatoms. The number of likely N-dealkylation sites (N-methyl/N-ethyl adjacent to an activating group) is 1. The quantitative estimate of drug-likeness (QED) is 0.821. The molecule has 0 aliphatic heterocycles. The van der Waals surface area contributed by atoms with Gasteiger partial charge in [-0.3, -0.25) is 4.98 Å². The second kappa shape index (κ2) is 6.57. The Morgan fingerprint density at radius 3 is 2.53 bits per heavy atom. The second-order valence-electron chi connectivity index (χ2n) is 4.32. The Bertz CT molecular complexity index is 324. The van der Waals surface area contributed by atoms with Crippen molar-refractivity contribution in [3.63, 3.8) is 0 Å². The van der Waals surface area contributed by atoms with Gasteiger partial charge in [0.1, 0.15) is 0 Å². The number of nitrogens with two attached hydrogens (primary N) is 1. The van der Waals surface area contributed by atoms with Gasteiger partial charge in [-0.25, -0.2) is 0 Å². The first-order chi connectivity index (χ1) is 8.10. The fourth-order valence-corrected chi connectivity index (χ4v) is 1.92. The van der Waals surface area contributed by atoms with Gasteiger partial charge in [0.05, 0.1) is 24.2 Å². The van der Waals surface area contributed by atoms with E-state index in [-0.39, 0.29) is 6.04 Å². The van der Waals surface area contributed by atoms with E-state index in [9.17, 15) is 0 Å². The number of aromatic nitrogens is 1. The molecule has 0 aliphatic carbocycles. The molecular formula is C13H23N3O. The van der Waals surface area contributed by atoms with Crippen LogP contribution in [0.1, 0.15) is 32.5 Å². The first kappa shape index (κ1) is 13.9. The summed E-state index contributed by atoms with van der Waals surface area (Å²) in [5.74, 6) is 0. The standard InChI is InChI=1S/C13H23N3O/c1-5-16(10(2)9-17-4)12-6-7-13(11(3)14)15-8-12/h6-8,10-11H,5,9,14H2,1-4H3. The van der Waals surface area contributed by atoms with Crippen molar-refractivity contribution in [2.75, 3.05) is 25.2 Å². The van der Waals surface area contributed by atoms with Gasteiger partial charge in [0.15, 0.2) is 0 Å². The zero-order valence-electron chi connectivity index (χ0n) is 11.2. The molecule has 1 heterocycles. The maximum absolute atomic E-state index is 5.78. The number of hydrogen-bond donors (Lipinski definition) is 1. The number of ether oxygens (including phenoxy) is 1. The van der Waals surface area contributed by atoms with Crippen LogP contribution < -0.4 is 10.6 Å². The van der Waals surface area contributed by atoms with Gasteiger partial charge in [-0.15, -0.1) is 0 Å². The molecule has 0 fully saturated rings. The normalized spacial score (nSPS) is 14.4. The third kappa shape index (κ3) is 3.68. The smallest absolute Gasteiger partial charge is 0.0663 e. The van der Waals surface area contributed by atoms with Crippen molar-refractivity contribution < 1.29 is 4.74 Å². The van der Waals surface area contributed by atoms with E-state index in [1.807, 2.05) is 19.2 Å². The van der Waals surface area contributed by atoms with Crippen LogP contribution >= 0.6 is 0 Å². The summed E-state index contributed by atoms with van der Waals surface area (Å²) < 4.78 is 5.19. The van der Waals surface area contributed by atoms with Gasteiger partial charge in [0, 0.05) is 25.7 Å². The number of anilines is 1. The summed E-state index contributed by atoms with van der Waals surface area (Å²) in [6.07, 6.45) is 1.88. The van der Waals surface area contributed by atoms with Crippen molar-refractivity contribution in [3.8, 4) is 0 Å². The third-order valence-electron chi connectivity index (χ3n) is 2.85. The lowest BCUT2D eigenvalue weighted by atomic mass is 10.2. The highest BCUT2D eigenvalue weighted by Gasteiger charge is 2.13. The topological polar surface area (TPSA) is 51.4 Å². The average Bonchev–Trinajstić information content (AvgIpc) is 2.31. The molecule has 4 nitrogen and oxygen atoms in total. The molecule has 17 heavy (non-hydrogen) atoms. The minimum atomic E-state index is -0.0180. The molecule has 2 unspecified atom stereocenters. The lowest BCUT2D eigenvalue weighted by Crippen LogP contribution is -2.36. The van der Waals surface area contributed by atoms with Gasteiger partial charge < -0.3 is 15.4 Å². The molecule has 0 amide bonds. The molecule has 2 atom stereocenters. The Labute approximate surface area is 104 Å². The van der Waals surface area contributed by atoms with Crippen LogP contribution in [-0.2, 0) is 4.74 Å². The molecule has 0 radical (unpaired) electrons. The van der Waals surface area contributed by atoms with Crippen LogP contribution in [0.5, 0.6) is 0 Å². The molecule has 0 bridgehead atoms. The Morgan fingerprint density at radius 2 is 2.12 bits per heavy atom. The van der Waals surface area contributed by atoms with Crippen LogP contribution in [0.4, 0.5) is 5.69 Å². The molecule has 2 N–H and O–H groups in total. The number of nitrogens with zero attached hydrogens (tertiary/aromatic N) is 2. The Balaban J connectivity index is 2.82. The highest BCUT2D eigenvalue weighted by Crippen LogP contribution is 2.17. The molecule has 1 aromatic rings. The van der Waals surface area contributed by atoms with E-state index in [4.69, 9.17) is 10.5 Å². The molecular weight excluding hydrogens is 214 g/mol. The van der Waals surface area contributed by atoms with Crippen molar-refractivity contribution in [1.29, 1.82) is 0 Å². The van der Waals surface area contributed by atoms with Gasteiger partial charge in [0.25, 0.3) is 0 Å². The molecule has 0 saturated heterocycles. The van der Waals surface area contributed by atoms with Crippen molar-refractivity contribution in [2.45, 2.75) is 32.9 Å². The van der Waals surface area contributed by atoms with E-state index in [1.165, 1.54) is 0 Å². The van der Waals surface area contributed by atoms with Crippen LogP contribution in [0.25, 0.3) is 0 Å². The molecule has 0 saturated carbocycles. The molecule has 96 valence electrons. The van der Waals surface area contributed by atoms with E-state index in [2.05, 4.69) is 29.8 Å². The van der Waals surface area contributed by atoms with E-state index in [0.717, 1.165) is 17.9 Å². The fourth-order valence-electron chi connectivity index (χ4n) is 1.92. The lowest BCUT2D eigenvalue weighted by molar-refractivity contribution is 0.182. The van der Waals surface area contributed by atoms with Crippen molar-refractivity contribution in [2.24, 2.45) is 5.73 Å². The highest BCUT2D eigenvalue weighted by molar-refractivity contribution is 5.45. The summed E-state index contributed by atoms with van der Waals surface area (Å²) >= 11 is 0. The van der Waals surface area contributed by atoms with Gasteiger partial charge in [-0.05, 0) is 32.9 Å². The van der Waals surface area contributed by atoms with Crippen LogP contribution in [-0.4, -0.2) is 31.3 Å². The van der Waals surface area contributed by atoms with Crippen LogP contribution in [0.3, 0.4) is 0 Å². The van der Waals surface area contributed by atoms with E-state index in [0.29, 0.717) is 12.6 Å². The minimum Gasteiger partial charge on any atom is -0.383 e. The molecule has 1 aromatic heterocycles. The maximum atomic E-state index is 5.78. The van der Waals surface area contributed by atoms with Crippen molar-refractivity contribution >= 4 is 5.69 Å². The summed E-state index contributed by atoms with van der Waals surface area (Å²) in [6.45, 7) is 7.86. The average molecular weight is 237 g/mol. The zero-order valence-corrected chi connectivity index (χ0v) is 11.2. The minimum absolute atomic E-state index is 0.0180. The van der Waals surface area contributed by atoms with Crippen LogP contribution in [0, 0.1) is 0 Å². The van der Waals surface area contributed by atoms with Gasteiger partial charge in [-0.1, -0.05) is 0 Å². The molecule has 0 aromatic carbocycles. The highest BCUT2D eigenvalue weighted by atomic mass is 16.5. The second-order valence-corrected chi connectivity index (χ2v) is 4.32. The Morgan fingerprint density at radius 1 is 1.41 bits per heavy atom. The summed E-state index contributed by atoms with van der Waals surface area (Å²) in [5, 5.41) is 0. The number of hydrogen-bond acceptors (Lipinski definition) is 4. The van der Waals surface area contributed by atoms with E-state index in [1.54, 1.807) is 7.11 Å². The zero-order chi connectivity index (χ0) is 12.8. The predicted octanol–water partition coefficient (Wildman–Crippen LogP) is 1.96. The van der Waals surface area contributed by atoms with E-state index >= 15 is 0 Å². The van der Waals surface area contributed by atoms with Crippen LogP contribution in [0.15, 0.2) is 18.3 Å². The largest absolute Gasteiger partial charge is 0.383 e. The van der Waals surface area contributed by atoms with Crippen molar-refractivity contribution in [3.05, 3.63) is 24.0 Å². The first-order valence-corrected chi connectivity index (χ1v) is 6.07. The Hall–Kier alpha value is -1.13. The number of methoxy groups -OCH3 is 1. The summed E-state index contributed by atoms with van der Waals surface area (Å²) in [7, 11) is 1.72. The SMILES string of the molecule is CCN(c1ccc(C(C)N)nc1)C(C)COC. The number of pyridine rings is 1. The van der Waals surface area contributed by atoms with Gasteiger partial charge in [-0.2, -0.15) is 0 Å². The Kier molecular flexibility index (Phi) is 5.38.